The molecule has 4 fully saturated rings. The molecule has 4 aromatic carbocycles. The van der Waals surface area contributed by atoms with E-state index in [1.54, 1.807) is 42.8 Å². The topological polar surface area (TPSA) is 244 Å². The number of sulfonamides is 2. The normalized spacial score (nSPS) is 22.7. The summed E-state index contributed by atoms with van der Waals surface area (Å²) in [5.74, 6) is -3.44. The van der Waals surface area contributed by atoms with Crippen LogP contribution in [-0.4, -0.2) is 158 Å². The van der Waals surface area contributed by atoms with Gasteiger partial charge in [0.2, 0.25) is 55.5 Å². The van der Waals surface area contributed by atoms with Gasteiger partial charge < -0.3 is 36.4 Å². The van der Waals surface area contributed by atoms with Crippen molar-refractivity contribution in [1.29, 1.82) is 0 Å². The number of fused-ring (bicyclic) bond motifs is 2. The fraction of sp³-hybridized carbons (Fsp3) is 0.458. The van der Waals surface area contributed by atoms with Gasteiger partial charge in [-0.05, 0) is 87.6 Å². The SMILES string of the molecule is CCC(=O)N[C@H]1CN(S(=O)(=O)CC/C=C/CCS(=O)(=O)N2CC[C@H]3CC[C@@H](C(=O)NC(c4ccccc4)c4ccccc4)N3C(=O)[C@@H](NC(=O)[C@H](C)NC)C2)CC[C@H]2CCC(C(=O)NC(c3ccccc3)c3ccccc3)N2C1=O. The molecule has 4 aliphatic rings. The molecule has 0 saturated carbocycles. The largest absolute Gasteiger partial charge is 0.343 e. The quantitative estimate of drug-likeness (QED) is 0.0750. The highest BCUT2D eigenvalue weighted by atomic mass is 32.2. The van der Waals surface area contributed by atoms with E-state index in [1.165, 1.54) is 8.61 Å². The molecule has 1 unspecified atom stereocenters. The number of allylic oxidation sites excluding steroid dienone is 2. The Morgan fingerprint density at radius 2 is 0.912 bits per heavy atom. The molecule has 6 amide bonds. The molecule has 19 nitrogen and oxygen atoms in total. The van der Waals surface area contributed by atoms with Crippen molar-refractivity contribution in [3.05, 3.63) is 156 Å². The van der Waals surface area contributed by atoms with Gasteiger partial charge >= 0.3 is 0 Å². The molecule has 428 valence electrons. The third-order valence-corrected chi connectivity index (χ3v) is 19.6. The van der Waals surface area contributed by atoms with Gasteiger partial charge in [0.15, 0.2) is 0 Å². The lowest BCUT2D eigenvalue weighted by Gasteiger charge is -2.38. The number of rotatable bonds is 21. The molecular formula is C59H75N9O10S2. The lowest BCUT2D eigenvalue weighted by molar-refractivity contribution is -0.144. The Balaban J connectivity index is 0.891. The maximum atomic E-state index is 14.7. The van der Waals surface area contributed by atoms with Gasteiger partial charge in [0, 0.05) is 44.7 Å². The summed E-state index contributed by atoms with van der Waals surface area (Å²) in [7, 11) is -6.47. The fourth-order valence-electron chi connectivity index (χ4n) is 11.4. The summed E-state index contributed by atoms with van der Waals surface area (Å²) >= 11 is 0. The van der Waals surface area contributed by atoms with Gasteiger partial charge in [-0.2, -0.15) is 8.61 Å². The molecule has 5 N–H and O–H groups in total. The van der Waals surface area contributed by atoms with Crippen LogP contribution >= 0.6 is 0 Å². The summed E-state index contributed by atoms with van der Waals surface area (Å²) in [4.78, 5) is 87.0. The van der Waals surface area contributed by atoms with E-state index in [1.807, 2.05) is 121 Å². The van der Waals surface area contributed by atoms with Crippen LogP contribution in [0.3, 0.4) is 0 Å². The van der Waals surface area contributed by atoms with Crippen LogP contribution in [0.1, 0.15) is 106 Å². The van der Waals surface area contributed by atoms with E-state index < -0.39 is 98.1 Å². The third kappa shape index (κ3) is 14.4. The third-order valence-electron chi connectivity index (χ3n) is 15.9. The second kappa shape index (κ2) is 27.1. The van der Waals surface area contributed by atoms with E-state index in [-0.39, 0.29) is 81.6 Å². The number of amides is 6. The van der Waals surface area contributed by atoms with Crippen LogP contribution in [0.15, 0.2) is 133 Å². The van der Waals surface area contributed by atoms with Crippen molar-refractivity contribution in [2.45, 2.75) is 126 Å². The highest BCUT2D eigenvalue weighted by molar-refractivity contribution is 7.89. The first kappa shape index (κ1) is 59.3. The van der Waals surface area contributed by atoms with Crippen molar-refractivity contribution >= 4 is 55.5 Å². The molecule has 4 saturated heterocycles. The predicted octanol–water partition coefficient (Wildman–Crippen LogP) is 3.91. The Morgan fingerprint density at radius 3 is 1.26 bits per heavy atom. The summed E-state index contributed by atoms with van der Waals surface area (Å²) in [6, 6.07) is 31.2. The number of hydrogen-bond donors (Lipinski definition) is 5. The van der Waals surface area contributed by atoms with Gasteiger partial charge in [0.1, 0.15) is 24.2 Å². The monoisotopic (exact) mass is 1130 g/mol. The first-order valence-electron chi connectivity index (χ1n) is 27.8. The minimum Gasteiger partial charge on any atom is -0.343 e. The van der Waals surface area contributed by atoms with E-state index in [9.17, 15) is 45.6 Å². The number of nitrogens with zero attached hydrogens (tertiary/aromatic N) is 4. The summed E-state index contributed by atoms with van der Waals surface area (Å²) in [5, 5.41) is 14.7. The summed E-state index contributed by atoms with van der Waals surface area (Å²) in [6.45, 7) is 2.65. The molecule has 0 radical (unpaired) electrons. The average Bonchev–Trinajstić information content (AvgIpc) is 4.12. The van der Waals surface area contributed by atoms with E-state index >= 15 is 0 Å². The molecule has 8 rings (SSSR count). The van der Waals surface area contributed by atoms with Crippen molar-refractivity contribution < 1.29 is 45.6 Å². The number of benzene rings is 4. The number of carbonyl (C=O) groups excluding carboxylic acids is 6. The molecule has 4 aromatic rings. The van der Waals surface area contributed by atoms with Gasteiger partial charge in [0.05, 0.1) is 29.6 Å². The van der Waals surface area contributed by atoms with Crippen molar-refractivity contribution in [2.24, 2.45) is 0 Å². The highest BCUT2D eigenvalue weighted by Gasteiger charge is 2.48. The van der Waals surface area contributed by atoms with Crippen molar-refractivity contribution in [3.63, 3.8) is 0 Å². The number of hydrogen-bond acceptors (Lipinski definition) is 11. The standard InChI is InChI=1S/C59H75N9O10S2/c1-4-52(69)61-48-39-65(35-33-46-29-31-50(67(46)58(48)73)56(71)63-53(42-21-11-7-12-22-42)43-23-13-8-14-24-43)79(75,76)37-19-5-6-20-38-80(77,78)66-36-34-47-30-32-51(68(47)59(74)49(40-66)62-55(70)41(2)60-3)57(72)64-54(44-25-15-9-16-26-44)45-27-17-10-18-28-45/h5-18,21-28,41,46-51,53-54,60H,4,19-20,29-40H2,1-3H3,(H,61,69)(H,62,70)(H,63,71)(H,64,72)/b6-5+/t41-,46+,47+,48-,49-,50?,51-/m0/s1. The van der Waals surface area contributed by atoms with Crippen LogP contribution in [0.2, 0.25) is 0 Å². The van der Waals surface area contributed by atoms with Crippen LogP contribution in [0.4, 0.5) is 0 Å². The predicted molar refractivity (Wildman–Crippen MR) is 304 cm³/mol. The highest BCUT2D eigenvalue weighted by Crippen LogP contribution is 2.34. The van der Waals surface area contributed by atoms with E-state index in [4.69, 9.17) is 0 Å². The van der Waals surface area contributed by atoms with Crippen molar-refractivity contribution in [2.75, 3.05) is 44.7 Å². The molecule has 0 aromatic heterocycles. The first-order chi connectivity index (χ1) is 38.5. The minimum atomic E-state index is -4.05. The maximum absolute atomic E-state index is 14.7. The van der Waals surface area contributed by atoms with Crippen LogP contribution in [-0.2, 0) is 48.8 Å². The van der Waals surface area contributed by atoms with E-state index in [2.05, 4.69) is 26.6 Å². The number of nitrogens with one attached hydrogen (secondary N) is 5. The Morgan fingerprint density at radius 1 is 0.550 bits per heavy atom. The molecular weight excluding hydrogens is 1060 g/mol. The zero-order valence-corrected chi connectivity index (χ0v) is 47.3. The maximum Gasteiger partial charge on any atom is 0.247 e. The van der Waals surface area contributed by atoms with Crippen molar-refractivity contribution in [3.8, 4) is 0 Å². The van der Waals surface area contributed by atoms with Gasteiger partial charge in [-0.15, -0.1) is 0 Å². The molecule has 4 aliphatic heterocycles. The van der Waals surface area contributed by atoms with Crippen molar-refractivity contribution in [1.82, 2.24) is 45.0 Å². The first-order valence-corrected chi connectivity index (χ1v) is 31.0. The summed E-state index contributed by atoms with van der Waals surface area (Å²) in [6.07, 6.45) is 5.44. The van der Waals surface area contributed by atoms with Gasteiger partial charge in [-0.1, -0.05) is 140 Å². The lowest BCUT2D eigenvalue weighted by atomic mass is 9.98. The molecule has 0 spiro atoms. The molecule has 0 aliphatic carbocycles. The average molecular weight is 1130 g/mol. The zero-order chi connectivity index (χ0) is 57.0. The Bertz CT molecular complexity index is 2970. The molecule has 0 bridgehead atoms. The van der Waals surface area contributed by atoms with Crippen LogP contribution < -0.4 is 26.6 Å². The summed E-state index contributed by atoms with van der Waals surface area (Å²) < 4.78 is 58.9. The smallest absolute Gasteiger partial charge is 0.247 e. The van der Waals surface area contributed by atoms with Gasteiger partial charge in [0.25, 0.3) is 0 Å². The minimum absolute atomic E-state index is 0.0233. The second-order valence-electron chi connectivity index (χ2n) is 21.0. The van der Waals surface area contributed by atoms with Crippen LogP contribution in [0.25, 0.3) is 0 Å². The van der Waals surface area contributed by atoms with Crippen LogP contribution in [0, 0.1) is 0 Å². The van der Waals surface area contributed by atoms with Gasteiger partial charge in [-0.3, -0.25) is 28.8 Å². The van der Waals surface area contributed by atoms with E-state index in [0.717, 1.165) is 22.3 Å². The Hall–Kier alpha value is -6.78. The van der Waals surface area contributed by atoms with E-state index in [0.29, 0.717) is 25.7 Å². The Labute approximate surface area is 470 Å². The zero-order valence-electron chi connectivity index (χ0n) is 45.7. The van der Waals surface area contributed by atoms with Crippen LogP contribution in [0.5, 0.6) is 0 Å². The second-order valence-corrected chi connectivity index (χ2v) is 25.2. The molecule has 21 heteroatoms. The molecule has 4 heterocycles. The fourth-order valence-corrected chi connectivity index (χ4v) is 14.3. The lowest BCUT2D eigenvalue weighted by Crippen LogP contribution is -2.62. The molecule has 7 atom stereocenters. The number of likely N-dealkylation sites (N-methyl/N-ethyl adjacent to an activating group) is 1. The van der Waals surface area contributed by atoms with Gasteiger partial charge in [-0.25, -0.2) is 16.8 Å². The molecule has 80 heavy (non-hydrogen) atoms. The number of carbonyl (C=O) groups is 6. The Kier molecular flexibility index (Phi) is 20.1. The summed E-state index contributed by atoms with van der Waals surface area (Å²) in [5.41, 5.74) is 3.45.